The molecule has 1 N–H and O–H groups in total. The smallest absolute Gasteiger partial charge is 0.257 e. The van der Waals surface area contributed by atoms with Crippen molar-refractivity contribution in [2.24, 2.45) is 5.92 Å². The van der Waals surface area contributed by atoms with Crippen LogP contribution in [0.5, 0.6) is 0 Å². The predicted molar refractivity (Wildman–Crippen MR) is 116 cm³/mol. The molecule has 7 heteroatoms. The maximum atomic E-state index is 12.6. The number of likely N-dealkylation sites (N-methyl/N-ethyl adjacent to an activating group) is 1. The normalized spacial score (nSPS) is 20.6. The van der Waals surface area contributed by atoms with Gasteiger partial charge in [0.25, 0.3) is 5.91 Å². The van der Waals surface area contributed by atoms with Gasteiger partial charge >= 0.3 is 0 Å². The quantitative estimate of drug-likeness (QED) is 0.860. The molecule has 1 atom stereocenters. The summed E-state index contributed by atoms with van der Waals surface area (Å²) in [5.74, 6) is 1.09. The number of carbonyl (C=O) groups excluding carboxylic acids is 1. The Labute approximate surface area is 172 Å². The van der Waals surface area contributed by atoms with Crippen LogP contribution in [0.1, 0.15) is 30.1 Å². The number of likely N-dealkylation sites (tertiary alicyclic amines) is 1. The van der Waals surface area contributed by atoms with E-state index in [1.54, 1.807) is 12.4 Å². The molecule has 0 aliphatic carbocycles. The van der Waals surface area contributed by atoms with Gasteiger partial charge in [0.15, 0.2) is 0 Å². The predicted octanol–water partition coefficient (Wildman–Crippen LogP) is 2.84. The highest BCUT2D eigenvalue weighted by molar-refractivity contribution is 5.93. The third-order valence-electron chi connectivity index (χ3n) is 5.83. The van der Waals surface area contributed by atoms with Crippen LogP contribution in [0.2, 0.25) is 0 Å². The van der Waals surface area contributed by atoms with Gasteiger partial charge in [-0.15, -0.1) is 0 Å². The maximum Gasteiger partial charge on any atom is 0.257 e. The average Bonchev–Trinajstić information content (AvgIpc) is 2.75. The number of nitrogens with one attached hydrogen (secondary N) is 1. The number of anilines is 3. The molecular weight excluding hydrogens is 364 g/mol. The highest BCUT2D eigenvalue weighted by Gasteiger charge is 2.22. The molecule has 1 amide bonds. The Morgan fingerprint density at radius 2 is 1.72 bits per heavy atom. The van der Waals surface area contributed by atoms with Gasteiger partial charge in [0, 0.05) is 63.0 Å². The van der Waals surface area contributed by atoms with E-state index in [2.05, 4.69) is 51.2 Å². The van der Waals surface area contributed by atoms with E-state index in [1.807, 2.05) is 17.0 Å². The number of carbonyl (C=O) groups is 1. The minimum atomic E-state index is 0.0274. The molecule has 0 saturated carbocycles. The topological polar surface area (TPSA) is 64.6 Å². The Morgan fingerprint density at radius 1 is 1.03 bits per heavy atom. The fourth-order valence-corrected chi connectivity index (χ4v) is 4.01. The van der Waals surface area contributed by atoms with E-state index in [9.17, 15) is 4.79 Å². The molecular formula is C22H30N6O. The second-order valence-corrected chi connectivity index (χ2v) is 8.26. The van der Waals surface area contributed by atoms with E-state index in [-0.39, 0.29) is 5.91 Å². The molecule has 0 radical (unpaired) electrons. The highest BCUT2D eigenvalue weighted by Crippen LogP contribution is 2.21. The summed E-state index contributed by atoms with van der Waals surface area (Å²) in [6, 6.07) is 8.35. The monoisotopic (exact) mass is 394 g/mol. The summed E-state index contributed by atoms with van der Waals surface area (Å²) in [7, 11) is 2.16. The molecule has 3 heterocycles. The van der Waals surface area contributed by atoms with Crippen molar-refractivity contribution in [2.75, 3.05) is 56.5 Å². The van der Waals surface area contributed by atoms with Crippen molar-refractivity contribution < 1.29 is 4.79 Å². The Balaban J connectivity index is 1.35. The molecule has 154 valence electrons. The first-order chi connectivity index (χ1) is 14.1. The van der Waals surface area contributed by atoms with Gasteiger partial charge in [-0.3, -0.25) is 4.79 Å². The number of hydrogen-bond acceptors (Lipinski definition) is 6. The van der Waals surface area contributed by atoms with E-state index < -0.39 is 0 Å². The first-order valence-corrected chi connectivity index (χ1v) is 10.5. The molecule has 1 aromatic carbocycles. The largest absolute Gasteiger partial charge is 0.369 e. The van der Waals surface area contributed by atoms with E-state index in [0.717, 1.165) is 51.4 Å². The van der Waals surface area contributed by atoms with Crippen molar-refractivity contribution >= 4 is 23.2 Å². The molecule has 2 aliphatic rings. The number of piperazine rings is 1. The van der Waals surface area contributed by atoms with E-state index in [0.29, 0.717) is 17.4 Å². The fourth-order valence-electron chi connectivity index (χ4n) is 4.01. The Morgan fingerprint density at radius 3 is 2.38 bits per heavy atom. The van der Waals surface area contributed by atoms with Gasteiger partial charge in [0.05, 0.1) is 5.56 Å². The van der Waals surface area contributed by atoms with Gasteiger partial charge in [-0.25, -0.2) is 9.97 Å². The average molecular weight is 395 g/mol. The number of rotatable bonds is 4. The minimum absolute atomic E-state index is 0.0274. The lowest BCUT2D eigenvalue weighted by Crippen LogP contribution is -2.44. The van der Waals surface area contributed by atoms with Gasteiger partial charge in [0.2, 0.25) is 5.95 Å². The molecule has 2 fully saturated rings. The lowest BCUT2D eigenvalue weighted by Gasteiger charge is -2.34. The molecule has 0 bridgehead atoms. The first-order valence-electron chi connectivity index (χ1n) is 10.5. The highest BCUT2D eigenvalue weighted by atomic mass is 16.2. The van der Waals surface area contributed by atoms with Crippen LogP contribution in [0.15, 0.2) is 36.7 Å². The van der Waals surface area contributed by atoms with Crippen LogP contribution in [0, 0.1) is 5.92 Å². The lowest BCUT2D eigenvalue weighted by atomic mass is 10.00. The second-order valence-electron chi connectivity index (χ2n) is 8.26. The minimum Gasteiger partial charge on any atom is -0.369 e. The summed E-state index contributed by atoms with van der Waals surface area (Å²) in [5, 5.41) is 3.22. The maximum absolute atomic E-state index is 12.6. The van der Waals surface area contributed by atoms with Crippen LogP contribution < -0.4 is 10.2 Å². The number of piperidine rings is 1. The summed E-state index contributed by atoms with van der Waals surface area (Å²) in [4.78, 5) is 28.0. The van der Waals surface area contributed by atoms with Crippen LogP contribution in [0.4, 0.5) is 17.3 Å². The van der Waals surface area contributed by atoms with Gasteiger partial charge in [-0.05, 0) is 50.1 Å². The number of nitrogens with zero attached hydrogens (tertiary/aromatic N) is 5. The Hall–Kier alpha value is -2.67. The van der Waals surface area contributed by atoms with Crippen LogP contribution in [-0.4, -0.2) is 72.0 Å². The third kappa shape index (κ3) is 4.85. The number of hydrogen-bond donors (Lipinski definition) is 1. The Bertz CT molecular complexity index is 814. The molecule has 1 unspecified atom stereocenters. The molecule has 29 heavy (non-hydrogen) atoms. The molecule has 4 rings (SSSR count). The van der Waals surface area contributed by atoms with Gasteiger partial charge in [0.1, 0.15) is 0 Å². The van der Waals surface area contributed by atoms with E-state index in [4.69, 9.17) is 0 Å². The second kappa shape index (κ2) is 8.78. The fraction of sp³-hybridized carbons (Fsp3) is 0.500. The SMILES string of the molecule is CC1CCCN(C(=O)c2cnc(Nc3ccc(N4CCN(C)CC4)cc3)nc2)C1. The molecule has 2 saturated heterocycles. The molecule has 1 aromatic heterocycles. The van der Waals surface area contributed by atoms with Crippen molar-refractivity contribution in [3.8, 4) is 0 Å². The summed E-state index contributed by atoms with van der Waals surface area (Å²) in [6.07, 6.45) is 5.50. The molecule has 2 aliphatic heterocycles. The van der Waals surface area contributed by atoms with Crippen molar-refractivity contribution in [1.82, 2.24) is 19.8 Å². The summed E-state index contributed by atoms with van der Waals surface area (Å²) in [6.45, 7) is 8.12. The Kier molecular flexibility index (Phi) is 5.94. The van der Waals surface area contributed by atoms with Crippen molar-refractivity contribution in [2.45, 2.75) is 19.8 Å². The van der Waals surface area contributed by atoms with Crippen LogP contribution >= 0.6 is 0 Å². The zero-order valence-electron chi connectivity index (χ0n) is 17.3. The lowest BCUT2D eigenvalue weighted by molar-refractivity contribution is 0.0682. The zero-order chi connectivity index (χ0) is 20.2. The third-order valence-corrected chi connectivity index (χ3v) is 5.83. The number of aromatic nitrogens is 2. The van der Waals surface area contributed by atoms with Crippen LogP contribution in [0.3, 0.4) is 0 Å². The number of amides is 1. The van der Waals surface area contributed by atoms with Gasteiger partial charge < -0.3 is 20.0 Å². The van der Waals surface area contributed by atoms with Crippen LogP contribution in [0.25, 0.3) is 0 Å². The number of benzene rings is 1. The summed E-state index contributed by atoms with van der Waals surface area (Å²) < 4.78 is 0. The molecule has 2 aromatic rings. The summed E-state index contributed by atoms with van der Waals surface area (Å²) in [5.41, 5.74) is 2.73. The standard InChI is InChI=1S/C22H30N6O/c1-17-4-3-9-28(16-17)21(29)18-14-23-22(24-15-18)25-19-5-7-20(8-6-19)27-12-10-26(2)11-13-27/h5-8,14-15,17H,3-4,9-13,16H2,1-2H3,(H,23,24,25). The van der Waals surface area contributed by atoms with E-state index >= 15 is 0 Å². The van der Waals surface area contributed by atoms with Crippen molar-refractivity contribution in [3.05, 3.63) is 42.2 Å². The van der Waals surface area contributed by atoms with Crippen molar-refractivity contribution in [1.29, 1.82) is 0 Å². The first kappa shape index (κ1) is 19.6. The van der Waals surface area contributed by atoms with Gasteiger partial charge in [-0.2, -0.15) is 0 Å². The van der Waals surface area contributed by atoms with Crippen molar-refractivity contribution in [3.63, 3.8) is 0 Å². The zero-order valence-corrected chi connectivity index (χ0v) is 17.3. The summed E-state index contributed by atoms with van der Waals surface area (Å²) >= 11 is 0. The molecule has 7 nitrogen and oxygen atoms in total. The van der Waals surface area contributed by atoms with Gasteiger partial charge in [-0.1, -0.05) is 6.92 Å². The van der Waals surface area contributed by atoms with E-state index in [1.165, 1.54) is 12.1 Å². The molecule has 0 spiro atoms. The van der Waals surface area contributed by atoms with Crippen LogP contribution in [-0.2, 0) is 0 Å².